The van der Waals surface area contributed by atoms with Crippen molar-refractivity contribution in [1.82, 2.24) is 0 Å². The zero-order valence-electron chi connectivity index (χ0n) is 9.37. The lowest BCUT2D eigenvalue weighted by Gasteiger charge is -2.11. The van der Waals surface area contributed by atoms with E-state index in [1.54, 1.807) is 0 Å². The average Bonchev–Trinajstić information content (AvgIpc) is 2.15. The van der Waals surface area contributed by atoms with Gasteiger partial charge in [-0.25, -0.2) is 14.4 Å². The van der Waals surface area contributed by atoms with Crippen LogP contribution in [0.1, 0.15) is 20.3 Å². The molecular weight excluding hydrogens is 236 g/mol. The second kappa shape index (κ2) is 9.01. The zero-order chi connectivity index (χ0) is 14.0. The SMILES string of the molecule is C=C(C)C(=O)O.CCC(OC(=O)O)OC(=O)O. The van der Waals surface area contributed by atoms with Crippen LogP contribution in [0.5, 0.6) is 0 Å². The van der Waals surface area contributed by atoms with Crippen LogP contribution in [0.2, 0.25) is 0 Å². The van der Waals surface area contributed by atoms with Gasteiger partial charge in [0.2, 0.25) is 0 Å². The van der Waals surface area contributed by atoms with Crippen LogP contribution in [0.25, 0.3) is 0 Å². The molecule has 0 fully saturated rings. The van der Waals surface area contributed by atoms with E-state index in [2.05, 4.69) is 16.1 Å². The number of aliphatic carboxylic acids is 1. The summed E-state index contributed by atoms with van der Waals surface area (Å²) in [6.07, 6.45) is -4.19. The average molecular weight is 250 g/mol. The maximum Gasteiger partial charge on any atom is 0.508 e. The van der Waals surface area contributed by atoms with Crippen LogP contribution in [0, 0.1) is 0 Å². The second-order valence-electron chi connectivity index (χ2n) is 2.69. The molecule has 17 heavy (non-hydrogen) atoms. The second-order valence-corrected chi connectivity index (χ2v) is 2.69. The quantitative estimate of drug-likeness (QED) is 0.390. The first-order valence-corrected chi connectivity index (χ1v) is 4.38. The molecule has 0 saturated carbocycles. The predicted octanol–water partition coefficient (Wildman–Crippen LogP) is 1.76. The highest BCUT2D eigenvalue weighted by Gasteiger charge is 2.14. The Balaban J connectivity index is 0. The minimum absolute atomic E-state index is 0.151. The molecule has 0 radical (unpaired) electrons. The largest absolute Gasteiger partial charge is 0.508 e. The maximum atomic E-state index is 9.85. The molecule has 0 heterocycles. The van der Waals surface area contributed by atoms with Gasteiger partial charge in [0.25, 0.3) is 6.29 Å². The molecule has 0 unspecified atom stereocenters. The number of carbonyl (C=O) groups is 3. The van der Waals surface area contributed by atoms with E-state index in [1.807, 2.05) is 0 Å². The summed E-state index contributed by atoms with van der Waals surface area (Å²) < 4.78 is 8.05. The van der Waals surface area contributed by atoms with Crippen molar-refractivity contribution in [1.29, 1.82) is 0 Å². The van der Waals surface area contributed by atoms with Gasteiger partial charge in [-0.1, -0.05) is 13.5 Å². The van der Waals surface area contributed by atoms with E-state index in [4.69, 9.17) is 15.3 Å². The van der Waals surface area contributed by atoms with Crippen molar-refractivity contribution in [2.75, 3.05) is 0 Å². The molecule has 0 aromatic heterocycles. The van der Waals surface area contributed by atoms with Crippen molar-refractivity contribution in [3.63, 3.8) is 0 Å². The van der Waals surface area contributed by atoms with E-state index in [-0.39, 0.29) is 12.0 Å². The van der Waals surface area contributed by atoms with Crippen molar-refractivity contribution in [2.24, 2.45) is 0 Å². The molecule has 0 rings (SSSR count). The highest BCUT2D eigenvalue weighted by Crippen LogP contribution is 2.00. The summed E-state index contributed by atoms with van der Waals surface area (Å²) in [7, 11) is 0. The molecule has 3 N–H and O–H groups in total. The molecule has 0 aromatic carbocycles. The number of hydrogen-bond donors (Lipinski definition) is 3. The summed E-state index contributed by atoms with van der Waals surface area (Å²) in [5.74, 6) is -0.935. The molecule has 0 saturated heterocycles. The lowest BCUT2D eigenvalue weighted by molar-refractivity contribution is -0.132. The van der Waals surface area contributed by atoms with Crippen LogP contribution in [0.3, 0.4) is 0 Å². The van der Waals surface area contributed by atoms with Crippen LogP contribution in [0.15, 0.2) is 12.2 Å². The summed E-state index contributed by atoms with van der Waals surface area (Å²) in [6.45, 7) is 6.14. The van der Waals surface area contributed by atoms with E-state index < -0.39 is 24.6 Å². The van der Waals surface area contributed by atoms with E-state index >= 15 is 0 Å². The Morgan fingerprint density at radius 2 is 1.41 bits per heavy atom. The first-order chi connectivity index (χ1) is 7.70. The van der Waals surface area contributed by atoms with Gasteiger partial charge in [0.05, 0.1) is 0 Å². The Hall–Kier alpha value is -2.25. The molecule has 8 nitrogen and oxygen atoms in total. The normalized spacial score (nSPS) is 8.65. The molecule has 0 spiro atoms. The van der Waals surface area contributed by atoms with E-state index in [0.29, 0.717) is 0 Å². The summed E-state index contributed by atoms with van der Waals surface area (Å²) in [6, 6.07) is 0. The Morgan fingerprint density at radius 1 is 1.12 bits per heavy atom. The lowest BCUT2D eigenvalue weighted by Crippen LogP contribution is -2.22. The molecule has 0 aliphatic rings. The minimum Gasteiger partial charge on any atom is -0.478 e. The van der Waals surface area contributed by atoms with Gasteiger partial charge in [-0.3, -0.25) is 0 Å². The molecule has 0 amide bonds. The number of hydrogen-bond acceptors (Lipinski definition) is 5. The standard InChI is InChI=1S/C5H8O6.C4H6O2/c1-2-3(10-4(6)7)11-5(8)9;1-3(2)4(5)6/h3H,2H2,1H3,(H,6,7)(H,8,9);1H2,2H3,(H,5,6). The summed E-state index contributed by atoms with van der Waals surface area (Å²) >= 11 is 0. The molecule has 8 heteroatoms. The van der Waals surface area contributed by atoms with Gasteiger partial charge in [0, 0.05) is 12.0 Å². The highest BCUT2D eigenvalue weighted by molar-refractivity contribution is 5.84. The van der Waals surface area contributed by atoms with Crippen molar-refractivity contribution in [3.05, 3.63) is 12.2 Å². The van der Waals surface area contributed by atoms with Crippen LogP contribution in [-0.2, 0) is 14.3 Å². The monoisotopic (exact) mass is 250 g/mol. The van der Waals surface area contributed by atoms with Gasteiger partial charge >= 0.3 is 18.3 Å². The molecule has 0 atom stereocenters. The summed E-state index contributed by atoms with van der Waals surface area (Å²) in [4.78, 5) is 29.3. The van der Waals surface area contributed by atoms with Crippen LogP contribution in [-0.4, -0.2) is 39.9 Å². The van der Waals surface area contributed by atoms with Crippen molar-refractivity contribution < 1.29 is 39.2 Å². The molecule has 0 aliphatic heterocycles. The third-order valence-electron chi connectivity index (χ3n) is 1.16. The van der Waals surface area contributed by atoms with Crippen LogP contribution in [0.4, 0.5) is 9.59 Å². The Labute approximate surface area is 97.1 Å². The number of carboxylic acid groups (broad SMARTS) is 3. The first-order valence-electron chi connectivity index (χ1n) is 4.38. The van der Waals surface area contributed by atoms with Gasteiger partial charge in [-0.05, 0) is 6.92 Å². The summed E-state index contributed by atoms with van der Waals surface area (Å²) in [5, 5.41) is 24.0. The third kappa shape index (κ3) is 13.8. The Bertz CT molecular complexity index is 267. The Morgan fingerprint density at radius 3 is 1.53 bits per heavy atom. The smallest absolute Gasteiger partial charge is 0.478 e. The topological polar surface area (TPSA) is 130 Å². The molecule has 98 valence electrons. The van der Waals surface area contributed by atoms with Crippen molar-refractivity contribution in [3.8, 4) is 0 Å². The van der Waals surface area contributed by atoms with Crippen LogP contribution >= 0.6 is 0 Å². The molecular formula is C9H14O8. The number of rotatable bonds is 4. The van der Waals surface area contributed by atoms with Gasteiger partial charge in [-0.15, -0.1) is 0 Å². The van der Waals surface area contributed by atoms with Gasteiger partial charge in [-0.2, -0.15) is 0 Å². The maximum absolute atomic E-state index is 9.85. The molecule has 0 aromatic rings. The zero-order valence-corrected chi connectivity index (χ0v) is 9.37. The van der Waals surface area contributed by atoms with E-state index in [1.165, 1.54) is 13.8 Å². The van der Waals surface area contributed by atoms with Crippen molar-refractivity contribution in [2.45, 2.75) is 26.6 Å². The van der Waals surface area contributed by atoms with Gasteiger partial charge in [0.15, 0.2) is 0 Å². The van der Waals surface area contributed by atoms with E-state index in [0.717, 1.165) is 0 Å². The Kier molecular flexibility index (Phi) is 9.09. The number of carboxylic acids is 1. The first kappa shape index (κ1) is 17.2. The lowest BCUT2D eigenvalue weighted by atomic mass is 10.4. The fraction of sp³-hybridized carbons (Fsp3) is 0.444. The predicted molar refractivity (Wildman–Crippen MR) is 54.7 cm³/mol. The summed E-state index contributed by atoms with van der Waals surface area (Å²) in [5.41, 5.74) is 0.176. The number of ether oxygens (including phenoxy) is 2. The fourth-order valence-electron chi connectivity index (χ4n) is 0.416. The third-order valence-corrected chi connectivity index (χ3v) is 1.16. The van der Waals surface area contributed by atoms with E-state index in [9.17, 15) is 14.4 Å². The highest BCUT2D eigenvalue weighted by atomic mass is 16.8. The molecule has 0 bridgehead atoms. The van der Waals surface area contributed by atoms with Crippen LogP contribution < -0.4 is 0 Å². The molecule has 0 aliphatic carbocycles. The minimum atomic E-state index is -1.56. The van der Waals surface area contributed by atoms with Gasteiger partial charge < -0.3 is 24.8 Å². The van der Waals surface area contributed by atoms with Crippen molar-refractivity contribution >= 4 is 18.3 Å². The van der Waals surface area contributed by atoms with Gasteiger partial charge in [0.1, 0.15) is 0 Å². The fourth-order valence-corrected chi connectivity index (χ4v) is 0.416.